The van der Waals surface area contributed by atoms with Crippen molar-refractivity contribution in [2.45, 2.75) is 25.4 Å². The monoisotopic (exact) mass is 466 g/mol. The highest BCUT2D eigenvalue weighted by Crippen LogP contribution is 2.44. The maximum atomic E-state index is 14.0. The molecule has 0 bridgehead atoms. The van der Waals surface area contributed by atoms with Crippen molar-refractivity contribution in [1.29, 1.82) is 0 Å². The van der Waals surface area contributed by atoms with Gasteiger partial charge in [0.1, 0.15) is 11.7 Å². The molecule has 8 heteroatoms. The van der Waals surface area contributed by atoms with Crippen LogP contribution in [0.15, 0.2) is 66.7 Å². The lowest BCUT2D eigenvalue weighted by Crippen LogP contribution is -2.39. The van der Waals surface area contributed by atoms with E-state index < -0.39 is 29.5 Å². The number of halogens is 3. The summed E-state index contributed by atoms with van der Waals surface area (Å²) in [6.45, 7) is 2.45. The number of nitrogens with zero attached hydrogens (tertiary/aromatic N) is 2. The first-order valence-electron chi connectivity index (χ1n) is 11.0. The second-order valence-corrected chi connectivity index (χ2v) is 8.19. The average molecular weight is 466 g/mol. The molecule has 0 saturated heterocycles. The Morgan fingerprint density at radius 1 is 0.941 bits per heavy atom. The molecule has 2 aliphatic heterocycles. The number of carbonyl (C=O) groups is 2. The van der Waals surface area contributed by atoms with Crippen LogP contribution in [0.5, 0.6) is 5.75 Å². The van der Waals surface area contributed by atoms with Crippen LogP contribution in [0.2, 0.25) is 0 Å². The Kier molecular flexibility index (Phi) is 5.31. The Labute approximate surface area is 194 Å². The zero-order chi connectivity index (χ0) is 24.0. The number of para-hydroxylation sites is 1. The van der Waals surface area contributed by atoms with E-state index in [1.165, 1.54) is 15.9 Å². The molecular formula is C26H21F3N2O3. The molecule has 3 aromatic rings. The zero-order valence-electron chi connectivity index (χ0n) is 18.3. The van der Waals surface area contributed by atoms with Gasteiger partial charge in [-0.05, 0) is 54.4 Å². The summed E-state index contributed by atoms with van der Waals surface area (Å²) in [5.41, 5.74) is 1.15. The van der Waals surface area contributed by atoms with Crippen molar-refractivity contribution < 1.29 is 27.5 Å². The molecule has 0 spiro atoms. The highest BCUT2D eigenvalue weighted by Gasteiger charge is 2.43. The van der Waals surface area contributed by atoms with Crippen LogP contribution in [0.4, 0.5) is 30.2 Å². The van der Waals surface area contributed by atoms with Crippen LogP contribution in [0.1, 0.15) is 29.5 Å². The maximum Gasteiger partial charge on any atom is 0.416 e. The lowest BCUT2D eigenvalue weighted by atomic mass is 9.93. The highest BCUT2D eigenvalue weighted by molar-refractivity contribution is 6.23. The summed E-state index contributed by atoms with van der Waals surface area (Å²) in [6, 6.07) is 16.8. The second kappa shape index (κ2) is 8.20. The number of likely N-dealkylation sites (N-methyl/N-ethyl adjacent to an activating group) is 1. The molecule has 0 aromatic heterocycles. The topological polar surface area (TPSA) is 49.9 Å². The number of anilines is 3. The minimum absolute atomic E-state index is 0.0215. The molecule has 1 atom stereocenters. The number of hydrogen-bond acceptors (Lipinski definition) is 3. The molecule has 0 fully saturated rings. The summed E-state index contributed by atoms with van der Waals surface area (Å²) in [5.74, 6) is -1.59. The van der Waals surface area contributed by atoms with Crippen molar-refractivity contribution in [3.8, 4) is 5.75 Å². The number of amides is 2. The van der Waals surface area contributed by atoms with Crippen LogP contribution in [0.25, 0.3) is 0 Å². The SMILES string of the molecule is CCN1C(=O)C(c2ccc3c(c2)CCO3)C(=O)N(c2ccccc2)c2cc(C(F)(F)F)ccc21. The van der Waals surface area contributed by atoms with E-state index in [1.54, 1.807) is 55.5 Å². The smallest absolute Gasteiger partial charge is 0.416 e. The van der Waals surface area contributed by atoms with Crippen LogP contribution >= 0.6 is 0 Å². The number of fused-ring (bicyclic) bond motifs is 2. The van der Waals surface area contributed by atoms with Crippen LogP contribution < -0.4 is 14.5 Å². The lowest BCUT2D eigenvalue weighted by Gasteiger charge is -2.26. The molecule has 5 nitrogen and oxygen atoms in total. The van der Waals surface area contributed by atoms with Gasteiger partial charge >= 0.3 is 6.18 Å². The van der Waals surface area contributed by atoms with E-state index in [0.717, 1.165) is 17.7 Å². The van der Waals surface area contributed by atoms with E-state index in [2.05, 4.69) is 0 Å². The first kappa shape index (κ1) is 22.0. The number of alkyl halides is 3. The number of ether oxygens (including phenoxy) is 1. The van der Waals surface area contributed by atoms with E-state index in [9.17, 15) is 22.8 Å². The fraction of sp³-hybridized carbons (Fsp3) is 0.231. The van der Waals surface area contributed by atoms with Gasteiger partial charge in [-0.25, -0.2) is 0 Å². The molecule has 0 saturated carbocycles. The van der Waals surface area contributed by atoms with Crippen LogP contribution in [-0.4, -0.2) is 25.0 Å². The molecule has 2 aliphatic rings. The lowest BCUT2D eigenvalue weighted by molar-refractivity contribution is -0.137. The Morgan fingerprint density at radius 3 is 2.41 bits per heavy atom. The normalized spacial score (nSPS) is 17.8. The molecule has 1 unspecified atom stereocenters. The standard InChI is InChI=1S/C26H21F3N2O3/c1-2-30-20-10-9-18(26(27,28)29)15-21(20)31(19-6-4-3-5-7-19)25(33)23(24(30)32)17-8-11-22-16(14-17)12-13-34-22/h3-11,14-15,23H,2,12-13H2,1H3. The number of rotatable bonds is 3. The third kappa shape index (κ3) is 3.59. The molecule has 5 rings (SSSR count). The van der Waals surface area contributed by atoms with Crippen molar-refractivity contribution >= 4 is 28.9 Å². The maximum absolute atomic E-state index is 14.0. The minimum Gasteiger partial charge on any atom is -0.493 e. The van der Waals surface area contributed by atoms with Crippen molar-refractivity contribution in [1.82, 2.24) is 0 Å². The Balaban J connectivity index is 1.74. The predicted octanol–water partition coefficient (Wildman–Crippen LogP) is 5.46. The van der Waals surface area contributed by atoms with E-state index in [1.807, 2.05) is 0 Å². The Morgan fingerprint density at radius 2 is 1.71 bits per heavy atom. The summed E-state index contributed by atoms with van der Waals surface area (Å²) in [4.78, 5) is 30.4. The van der Waals surface area contributed by atoms with Crippen LogP contribution in [-0.2, 0) is 22.2 Å². The molecule has 0 aliphatic carbocycles. The first-order valence-corrected chi connectivity index (χ1v) is 11.0. The fourth-order valence-electron chi connectivity index (χ4n) is 4.58. The van der Waals surface area contributed by atoms with Gasteiger partial charge in [0.2, 0.25) is 11.8 Å². The van der Waals surface area contributed by atoms with Gasteiger partial charge in [0.05, 0.1) is 23.5 Å². The minimum atomic E-state index is -4.60. The zero-order valence-corrected chi connectivity index (χ0v) is 18.3. The van der Waals surface area contributed by atoms with E-state index in [-0.39, 0.29) is 17.9 Å². The van der Waals surface area contributed by atoms with Crippen LogP contribution in [0, 0.1) is 0 Å². The summed E-state index contributed by atoms with van der Waals surface area (Å²) in [5, 5.41) is 0. The molecule has 0 radical (unpaired) electrons. The summed E-state index contributed by atoms with van der Waals surface area (Å²) >= 11 is 0. The predicted molar refractivity (Wildman–Crippen MR) is 121 cm³/mol. The first-order chi connectivity index (χ1) is 16.3. The van der Waals surface area contributed by atoms with Gasteiger partial charge in [0, 0.05) is 18.7 Å². The highest BCUT2D eigenvalue weighted by atomic mass is 19.4. The summed E-state index contributed by atoms with van der Waals surface area (Å²) < 4.78 is 46.4. The third-order valence-corrected chi connectivity index (χ3v) is 6.19. The van der Waals surface area contributed by atoms with Crippen LogP contribution in [0.3, 0.4) is 0 Å². The molecule has 2 amide bonds. The molecule has 2 heterocycles. The molecule has 34 heavy (non-hydrogen) atoms. The van der Waals surface area contributed by atoms with E-state index in [0.29, 0.717) is 30.0 Å². The number of benzene rings is 3. The average Bonchev–Trinajstić information content (AvgIpc) is 3.25. The third-order valence-electron chi connectivity index (χ3n) is 6.19. The van der Waals surface area contributed by atoms with E-state index >= 15 is 0 Å². The number of hydrogen-bond donors (Lipinski definition) is 0. The van der Waals surface area contributed by atoms with Crippen molar-refractivity contribution in [3.05, 3.63) is 83.4 Å². The fourth-order valence-corrected chi connectivity index (χ4v) is 4.58. The van der Waals surface area contributed by atoms with Gasteiger partial charge in [-0.3, -0.25) is 14.5 Å². The molecule has 3 aromatic carbocycles. The molecule has 0 N–H and O–H groups in total. The van der Waals surface area contributed by atoms with Crippen molar-refractivity contribution in [2.24, 2.45) is 0 Å². The van der Waals surface area contributed by atoms with Gasteiger partial charge in [0.15, 0.2) is 0 Å². The van der Waals surface area contributed by atoms with Crippen molar-refractivity contribution in [2.75, 3.05) is 23.0 Å². The van der Waals surface area contributed by atoms with E-state index in [4.69, 9.17) is 4.74 Å². The quantitative estimate of drug-likeness (QED) is 0.482. The van der Waals surface area contributed by atoms with Crippen molar-refractivity contribution in [3.63, 3.8) is 0 Å². The van der Waals surface area contributed by atoms with Gasteiger partial charge in [-0.15, -0.1) is 0 Å². The second-order valence-electron chi connectivity index (χ2n) is 8.19. The Hall–Kier alpha value is -3.81. The summed E-state index contributed by atoms with van der Waals surface area (Å²) in [7, 11) is 0. The number of carbonyl (C=O) groups excluding carboxylic acids is 2. The van der Waals surface area contributed by atoms with Gasteiger partial charge in [0.25, 0.3) is 0 Å². The Bertz CT molecular complexity index is 1270. The van der Waals surface area contributed by atoms with Gasteiger partial charge in [-0.2, -0.15) is 13.2 Å². The molecular weight excluding hydrogens is 445 g/mol. The van der Waals surface area contributed by atoms with Gasteiger partial charge in [-0.1, -0.05) is 30.3 Å². The largest absolute Gasteiger partial charge is 0.493 e. The molecule has 174 valence electrons. The van der Waals surface area contributed by atoms with Gasteiger partial charge < -0.3 is 9.64 Å². The summed E-state index contributed by atoms with van der Waals surface area (Å²) in [6.07, 6.45) is -3.94.